The van der Waals surface area contributed by atoms with Gasteiger partial charge in [0.2, 0.25) is 0 Å². The van der Waals surface area contributed by atoms with E-state index in [1.807, 2.05) is 20.8 Å². The summed E-state index contributed by atoms with van der Waals surface area (Å²) in [6.45, 7) is 13.7. The van der Waals surface area contributed by atoms with Crippen molar-refractivity contribution in [2.24, 2.45) is 10.9 Å². The SMILES string of the molecule is CCCC(CN=C(NCC)N(C)CC1CCOC1)NC(=O)OC(C)(C)C. The molecule has 1 heterocycles. The average Bonchev–Trinajstić information content (AvgIpc) is 3.02. The lowest BCUT2D eigenvalue weighted by molar-refractivity contribution is 0.0503. The highest BCUT2D eigenvalue weighted by Gasteiger charge is 2.21. The van der Waals surface area contributed by atoms with Gasteiger partial charge in [-0.15, -0.1) is 0 Å². The Kier molecular flexibility index (Phi) is 9.76. The zero-order chi connectivity index (χ0) is 19.6. The monoisotopic (exact) mass is 370 g/mol. The van der Waals surface area contributed by atoms with Gasteiger partial charge in [-0.1, -0.05) is 13.3 Å². The number of aliphatic imine (C=N–C) groups is 1. The van der Waals surface area contributed by atoms with Gasteiger partial charge in [0, 0.05) is 32.7 Å². The molecule has 1 saturated heterocycles. The van der Waals surface area contributed by atoms with E-state index in [1.165, 1.54) is 0 Å². The first-order chi connectivity index (χ1) is 12.2. The van der Waals surface area contributed by atoms with Gasteiger partial charge in [-0.05, 0) is 40.5 Å². The van der Waals surface area contributed by atoms with Crippen LogP contribution in [0.15, 0.2) is 4.99 Å². The van der Waals surface area contributed by atoms with Crippen LogP contribution in [-0.4, -0.2) is 68.5 Å². The Morgan fingerprint density at radius 3 is 2.65 bits per heavy atom. The summed E-state index contributed by atoms with van der Waals surface area (Å²) in [5.41, 5.74) is -0.497. The molecule has 2 atom stereocenters. The highest BCUT2D eigenvalue weighted by molar-refractivity contribution is 5.79. The minimum Gasteiger partial charge on any atom is -0.444 e. The minimum atomic E-state index is -0.497. The second-order valence-electron chi connectivity index (χ2n) is 7.94. The summed E-state index contributed by atoms with van der Waals surface area (Å²) in [5.74, 6) is 1.42. The van der Waals surface area contributed by atoms with E-state index >= 15 is 0 Å². The fraction of sp³-hybridized carbons (Fsp3) is 0.895. The van der Waals surface area contributed by atoms with Crippen molar-refractivity contribution in [1.82, 2.24) is 15.5 Å². The van der Waals surface area contributed by atoms with Crippen molar-refractivity contribution in [2.45, 2.75) is 65.5 Å². The number of ether oxygens (including phenoxy) is 2. The van der Waals surface area contributed by atoms with Crippen molar-refractivity contribution >= 4 is 12.1 Å². The first-order valence-corrected chi connectivity index (χ1v) is 9.81. The molecule has 1 rings (SSSR count). The molecule has 2 unspecified atom stereocenters. The van der Waals surface area contributed by atoms with Crippen LogP contribution in [0, 0.1) is 5.92 Å². The van der Waals surface area contributed by atoms with E-state index in [-0.39, 0.29) is 12.1 Å². The summed E-state index contributed by atoms with van der Waals surface area (Å²) >= 11 is 0. The van der Waals surface area contributed by atoms with Crippen LogP contribution in [0.25, 0.3) is 0 Å². The van der Waals surface area contributed by atoms with Gasteiger partial charge in [0.25, 0.3) is 0 Å². The zero-order valence-electron chi connectivity index (χ0n) is 17.4. The van der Waals surface area contributed by atoms with Gasteiger partial charge >= 0.3 is 6.09 Å². The largest absolute Gasteiger partial charge is 0.444 e. The number of amides is 1. The predicted octanol–water partition coefficient (Wildman–Crippen LogP) is 2.61. The predicted molar refractivity (Wildman–Crippen MR) is 106 cm³/mol. The van der Waals surface area contributed by atoms with E-state index in [0.717, 1.165) is 51.5 Å². The standard InChI is InChI=1S/C19H38N4O3/c1-7-9-16(22-18(24)26-19(3,4)5)12-21-17(20-8-2)23(6)13-15-10-11-25-14-15/h15-16H,7-14H2,1-6H3,(H,20,21)(H,22,24). The van der Waals surface area contributed by atoms with Crippen LogP contribution in [0.3, 0.4) is 0 Å². The minimum absolute atomic E-state index is 0.0354. The molecule has 26 heavy (non-hydrogen) atoms. The Morgan fingerprint density at radius 1 is 1.38 bits per heavy atom. The number of carbonyl (C=O) groups is 1. The average molecular weight is 371 g/mol. The van der Waals surface area contributed by atoms with Crippen LogP contribution in [0.4, 0.5) is 4.79 Å². The highest BCUT2D eigenvalue weighted by Crippen LogP contribution is 2.13. The Labute approximate surface area is 158 Å². The Hall–Kier alpha value is -1.50. The fourth-order valence-electron chi connectivity index (χ4n) is 2.90. The first-order valence-electron chi connectivity index (χ1n) is 9.81. The lowest BCUT2D eigenvalue weighted by atomic mass is 10.1. The maximum atomic E-state index is 12.1. The molecule has 0 aromatic heterocycles. The summed E-state index contributed by atoms with van der Waals surface area (Å²) < 4.78 is 10.8. The van der Waals surface area contributed by atoms with Gasteiger partial charge in [0.15, 0.2) is 5.96 Å². The molecule has 0 radical (unpaired) electrons. The molecular weight excluding hydrogens is 332 g/mol. The second-order valence-corrected chi connectivity index (χ2v) is 7.94. The molecule has 152 valence electrons. The molecule has 1 aliphatic rings. The third-order valence-corrected chi connectivity index (χ3v) is 4.07. The Balaban J connectivity index is 2.64. The van der Waals surface area contributed by atoms with Gasteiger partial charge in [0.05, 0.1) is 19.2 Å². The third kappa shape index (κ3) is 9.27. The number of nitrogens with one attached hydrogen (secondary N) is 2. The summed E-state index contributed by atoms with van der Waals surface area (Å²) in [6, 6.07) is -0.0354. The lowest BCUT2D eigenvalue weighted by Gasteiger charge is -2.26. The molecule has 7 nitrogen and oxygen atoms in total. The van der Waals surface area contributed by atoms with Crippen LogP contribution in [0.2, 0.25) is 0 Å². The summed E-state index contributed by atoms with van der Waals surface area (Å²) in [6.07, 6.45) is 2.56. The fourth-order valence-corrected chi connectivity index (χ4v) is 2.90. The topological polar surface area (TPSA) is 75.2 Å². The van der Waals surface area contributed by atoms with E-state index in [0.29, 0.717) is 12.5 Å². The van der Waals surface area contributed by atoms with E-state index in [4.69, 9.17) is 14.5 Å². The number of nitrogens with zero attached hydrogens (tertiary/aromatic N) is 2. The van der Waals surface area contributed by atoms with Crippen LogP contribution < -0.4 is 10.6 Å². The number of hydrogen-bond donors (Lipinski definition) is 2. The Morgan fingerprint density at radius 2 is 2.12 bits per heavy atom. The molecule has 0 aliphatic carbocycles. The van der Waals surface area contributed by atoms with Crippen molar-refractivity contribution in [2.75, 3.05) is 39.9 Å². The summed E-state index contributed by atoms with van der Waals surface area (Å²) in [5, 5.41) is 6.29. The third-order valence-electron chi connectivity index (χ3n) is 4.07. The maximum Gasteiger partial charge on any atom is 0.407 e. The smallest absolute Gasteiger partial charge is 0.407 e. The van der Waals surface area contributed by atoms with Crippen LogP contribution >= 0.6 is 0 Å². The Bertz CT molecular complexity index is 443. The second kappa shape index (κ2) is 11.3. The molecule has 1 fully saturated rings. The van der Waals surface area contributed by atoms with E-state index < -0.39 is 5.60 Å². The first kappa shape index (κ1) is 22.5. The number of guanidine groups is 1. The molecule has 1 amide bonds. The lowest BCUT2D eigenvalue weighted by Crippen LogP contribution is -2.44. The van der Waals surface area contributed by atoms with Crippen LogP contribution in [-0.2, 0) is 9.47 Å². The number of rotatable bonds is 8. The molecule has 7 heteroatoms. The van der Waals surface area contributed by atoms with Crippen molar-refractivity contribution in [3.05, 3.63) is 0 Å². The van der Waals surface area contributed by atoms with E-state index in [9.17, 15) is 4.79 Å². The molecule has 0 spiro atoms. The highest BCUT2D eigenvalue weighted by atomic mass is 16.6. The molecule has 0 aromatic rings. The van der Waals surface area contributed by atoms with Gasteiger partial charge in [0.1, 0.15) is 5.60 Å². The van der Waals surface area contributed by atoms with Crippen LogP contribution in [0.5, 0.6) is 0 Å². The van der Waals surface area contributed by atoms with Crippen molar-refractivity contribution in [3.63, 3.8) is 0 Å². The van der Waals surface area contributed by atoms with Gasteiger partial charge in [-0.3, -0.25) is 4.99 Å². The molecule has 2 N–H and O–H groups in total. The van der Waals surface area contributed by atoms with Crippen molar-refractivity contribution in [1.29, 1.82) is 0 Å². The summed E-state index contributed by atoms with van der Waals surface area (Å²) in [7, 11) is 2.05. The number of alkyl carbamates (subject to hydrolysis) is 1. The van der Waals surface area contributed by atoms with E-state index in [2.05, 4.69) is 36.4 Å². The van der Waals surface area contributed by atoms with Gasteiger partial charge < -0.3 is 25.0 Å². The quantitative estimate of drug-likeness (QED) is 0.507. The molecule has 0 aromatic carbocycles. The number of hydrogen-bond acceptors (Lipinski definition) is 4. The van der Waals surface area contributed by atoms with E-state index in [1.54, 1.807) is 0 Å². The molecule has 0 saturated carbocycles. The van der Waals surface area contributed by atoms with Crippen molar-refractivity contribution in [3.8, 4) is 0 Å². The normalized spacial score (nSPS) is 19.2. The van der Waals surface area contributed by atoms with Gasteiger partial charge in [-0.25, -0.2) is 4.79 Å². The maximum absolute atomic E-state index is 12.1. The molecular formula is C19H38N4O3. The molecule has 0 bridgehead atoms. The van der Waals surface area contributed by atoms with Crippen LogP contribution in [0.1, 0.15) is 53.9 Å². The van der Waals surface area contributed by atoms with Gasteiger partial charge in [-0.2, -0.15) is 0 Å². The molecule has 1 aliphatic heterocycles. The number of carbonyl (C=O) groups excluding carboxylic acids is 1. The summed E-state index contributed by atoms with van der Waals surface area (Å²) in [4.78, 5) is 19.0. The van der Waals surface area contributed by atoms with Crippen molar-refractivity contribution < 1.29 is 14.3 Å². The zero-order valence-corrected chi connectivity index (χ0v) is 17.4.